The lowest BCUT2D eigenvalue weighted by Crippen LogP contribution is -1.61. The molecule has 1 rings (SSSR count). The third-order valence-electron chi connectivity index (χ3n) is 0.804. The molecule has 0 aliphatic carbocycles. The highest BCUT2D eigenvalue weighted by molar-refractivity contribution is 14.0. The summed E-state index contributed by atoms with van der Waals surface area (Å²) in [6.07, 6.45) is 0. The Morgan fingerprint density at radius 3 is 1.22 bits per heavy atom. The number of halogens is 3. The minimum absolute atomic E-state index is 0. The number of hydrogen-bond acceptors (Lipinski definition) is 0. The lowest BCUT2D eigenvalue weighted by Gasteiger charge is -1.86. The van der Waals surface area contributed by atoms with Crippen LogP contribution in [-0.2, 0) is 0 Å². The molecule has 0 aliphatic heterocycles. The van der Waals surface area contributed by atoms with Crippen molar-refractivity contribution in [2.45, 2.75) is 0 Å². The van der Waals surface area contributed by atoms with E-state index in [1.54, 1.807) is 0 Å². The van der Waals surface area contributed by atoms with Gasteiger partial charge in [-0.3, -0.25) is 0 Å². The topological polar surface area (TPSA) is 0 Å². The van der Waals surface area contributed by atoms with Gasteiger partial charge in [-0.2, -0.15) is 0 Å². The van der Waals surface area contributed by atoms with E-state index in [9.17, 15) is 0 Å². The first-order chi connectivity index (χ1) is 3.79. The smallest absolute Gasteiger partial charge is 0.0176 e. The molecule has 50 valence electrons. The van der Waals surface area contributed by atoms with Crippen molar-refractivity contribution in [1.29, 1.82) is 0 Å². The maximum Gasteiger partial charge on any atom is 0.0176 e. The van der Waals surface area contributed by atoms with Crippen LogP contribution in [0.15, 0.2) is 33.2 Å². The normalized spacial score (nSPS) is 8.22. The van der Waals surface area contributed by atoms with Crippen LogP contribution in [0.2, 0.25) is 0 Å². The molecule has 0 bridgehead atoms. The van der Waals surface area contributed by atoms with Gasteiger partial charge in [-0.25, -0.2) is 0 Å². The van der Waals surface area contributed by atoms with Crippen molar-refractivity contribution in [3.8, 4) is 0 Å². The van der Waals surface area contributed by atoms with Crippen LogP contribution in [0.4, 0.5) is 0 Å². The molecule has 0 nitrogen and oxygen atoms in total. The van der Waals surface area contributed by atoms with E-state index in [0.717, 1.165) is 8.95 Å². The fourth-order valence-corrected chi connectivity index (χ4v) is 0.958. The third-order valence-corrected chi connectivity index (χ3v) is 1.86. The molecule has 0 fully saturated rings. The Bertz CT molecular complexity index is 150. The second kappa shape index (κ2) is 4.68. The molecule has 1 aromatic rings. The lowest BCUT2D eigenvalue weighted by molar-refractivity contribution is 1.61. The van der Waals surface area contributed by atoms with Crippen LogP contribution in [0.3, 0.4) is 0 Å². The largest absolute Gasteiger partial charge is 0.107 e. The minimum Gasteiger partial charge on any atom is -0.107 e. The summed E-state index contributed by atoms with van der Waals surface area (Å²) in [6, 6.07) is 7.96. The zero-order valence-corrected chi connectivity index (χ0v) is 9.98. The van der Waals surface area contributed by atoms with Gasteiger partial charge >= 0.3 is 0 Å². The molecule has 0 spiro atoms. The third kappa shape index (κ3) is 3.57. The molecule has 0 aliphatic rings. The van der Waals surface area contributed by atoms with E-state index in [1.807, 2.05) is 24.3 Å². The van der Waals surface area contributed by atoms with Gasteiger partial charge in [-0.1, -0.05) is 31.9 Å². The average Bonchev–Trinajstić information content (AvgIpc) is 1.77. The van der Waals surface area contributed by atoms with E-state index in [0.29, 0.717) is 0 Å². The molecular formula is C6H5Br2I. The van der Waals surface area contributed by atoms with Crippen molar-refractivity contribution in [2.24, 2.45) is 0 Å². The zero-order valence-electron chi connectivity index (χ0n) is 4.47. The predicted octanol–water partition coefficient (Wildman–Crippen LogP) is 3.83. The van der Waals surface area contributed by atoms with Gasteiger partial charge in [0.25, 0.3) is 0 Å². The maximum atomic E-state index is 3.32. The fourth-order valence-electron chi connectivity index (χ4n) is 0.430. The lowest BCUT2D eigenvalue weighted by atomic mass is 10.4. The number of benzene rings is 1. The SMILES string of the molecule is Brc1ccc(Br)cc1.I. The number of hydrogen-bond donors (Lipinski definition) is 0. The minimum atomic E-state index is 0. The highest BCUT2D eigenvalue weighted by Crippen LogP contribution is 2.13. The highest BCUT2D eigenvalue weighted by atomic mass is 127. The summed E-state index contributed by atoms with van der Waals surface area (Å²) in [5.74, 6) is 0. The molecular weight excluding hydrogens is 359 g/mol. The molecule has 0 saturated carbocycles. The first kappa shape index (κ1) is 9.91. The summed E-state index contributed by atoms with van der Waals surface area (Å²) >= 11 is 6.65. The quantitative estimate of drug-likeness (QED) is 0.615. The van der Waals surface area contributed by atoms with Crippen molar-refractivity contribution in [2.75, 3.05) is 0 Å². The number of rotatable bonds is 0. The van der Waals surface area contributed by atoms with Gasteiger partial charge in [0, 0.05) is 8.95 Å². The molecule has 0 aromatic heterocycles. The summed E-state index contributed by atoms with van der Waals surface area (Å²) < 4.78 is 2.22. The summed E-state index contributed by atoms with van der Waals surface area (Å²) in [6.45, 7) is 0. The predicted molar refractivity (Wildman–Crippen MR) is 57.3 cm³/mol. The maximum absolute atomic E-state index is 3.32. The van der Waals surface area contributed by atoms with Crippen LogP contribution in [0.25, 0.3) is 0 Å². The van der Waals surface area contributed by atoms with Crippen molar-refractivity contribution >= 4 is 55.8 Å². The van der Waals surface area contributed by atoms with Crippen molar-refractivity contribution in [3.05, 3.63) is 33.2 Å². The molecule has 0 saturated heterocycles. The van der Waals surface area contributed by atoms with E-state index in [-0.39, 0.29) is 24.0 Å². The van der Waals surface area contributed by atoms with Crippen molar-refractivity contribution < 1.29 is 0 Å². The van der Waals surface area contributed by atoms with E-state index in [4.69, 9.17) is 0 Å². The second-order valence-corrected chi connectivity index (χ2v) is 3.27. The van der Waals surface area contributed by atoms with E-state index in [1.165, 1.54) is 0 Å². The summed E-state index contributed by atoms with van der Waals surface area (Å²) in [4.78, 5) is 0. The van der Waals surface area contributed by atoms with Gasteiger partial charge in [-0.15, -0.1) is 24.0 Å². The summed E-state index contributed by atoms with van der Waals surface area (Å²) in [5, 5.41) is 0. The van der Waals surface area contributed by atoms with Crippen LogP contribution in [-0.4, -0.2) is 0 Å². The molecule has 0 atom stereocenters. The van der Waals surface area contributed by atoms with Crippen LogP contribution in [0.1, 0.15) is 0 Å². The van der Waals surface area contributed by atoms with Gasteiger partial charge in [0.1, 0.15) is 0 Å². The molecule has 0 unspecified atom stereocenters. The zero-order chi connectivity index (χ0) is 5.98. The standard InChI is InChI=1S/C6H4Br2.HI/c7-5-1-2-6(8)4-3-5;/h1-4H;1H. The summed E-state index contributed by atoms with van der Waals surface area (Å²) in [7, 11) is 0. The second-order valence-electron chi connectivity index (χ2n) is 1.44. The molecule has 0 N–H and O–H groups in total. The Hall–Kier alpha value is 0.910. The van der Waals surface area contributed by atoms with E-state index < -0.39 is 0 Å². The van der Waals surface area contributed by atoms with Crippen molar-refractivity contribution in [3.63, 3.8) is 0 Å². The Kier molecular flexibility index (Phi) is 5.16. The fraction of sp³-hybridized carbons (Fsp3) is 0. The van der Waals surface area contributed by atoms with Crippen LogP contribution >= 0.6 is 55.8 Å². The Morgan fingerprint density at radius 1 is 0.778 bits per heavy atom. The Balaban J connectivity index is 0.000000640. The van der Waals surface area contributed by atoms with Crippen molar-refractivity contribution in [1.82, 2.24) is 0 Å². The highest BCUT2D eigenvalue weighted by Gasteiger charge is 1.83. The molecule has 0 amide bonds. The van der Waals surface area contributed by atoms with Crippen LogP contribution in [0.5, 0.6) is 0 Å². The van der Waals surface area contributed by atoms with E-state index in [2.05, 4.69) is 31.9 Å². The van der Waals surface area contributed by atoms with Crippen LogP contribution in [0, 0.1) is 0 Å². The molecule has 0 heterocycles. The van der Waals surface area contributed by atoms with Gasteiger partial charge in [0.15, 0.2) is 0 Å². The summed E-state index contributed by atoms with van der Waals surface area (Å²) in [5.41, 5.74) is 0. The van der Waals surface area contributed by atoms with Gasteiger partial charge in [0.2, 0.25) is 0 Å². The molecule has 0 radical (unpaired) electrons. The van der Waals surface area contributed by atoms with Gasteiger partial charge < -0.3 is 0 Å². The first-order valence-electron chi connectivity index (χ1n) is 2.20. The average molecular weight is 364 g/mol. The molecule has 9 heavy (non-hydrogen) atoms. The molecule has 1 aromatic carbocycles. The Labute approximate surface area is 88.3 Å². The van der Waals surface area contributed by atoms with Crippen LogP contribution < -0.4 is 0 Å². The Morgan fingerprint density at radius 2 is 1.00 bits per heavy atom. The monoisotopic (exact) mass is 362 g/mol. The van der Waals surface area contributed by atoms with Gasteiger partial charge in [-0.05, 0) is 24.3 Å². The van der Waals surface area contributed by atoms with Gasteiger partial charge in [0.05, 0.1) is 0 Å². The van der Waals surface area contributed by atoms with E-state index >= 15 is 0 Å². The first-order valence-corrected chi connectivity index (χ1v) is 3.79. The molecule has 3 heteroatoms.